The molecule has 1 aromatic heterocycles. The van der Waals surface area contributed by atoms with Crippen LogP contribution < -0.4 is 0 Å². The van der Waals surface area contributed by atoms with E-state index in [0.717, 1.165) is 37.5 Å². The van der Waals surface area contributed by atoms with Gasteiger partial charge < -0.3 is 4.57 Å². The number of carbonyl (C=O) groups is 1. The van der Waals surface area contributed by atoms with Crippen LogP contribution in [-0.2, 0) is 17.8 Å². The van der Waals surface area contributed by atoms with Gasteiger partial charge in [-0.3, -0.25) is 4.79 Å². The van der Waals surface area contributed by atoms with Crippen molar-refractivity contribution in [3.8, 4) is 0 Å². The zero-order valence-corrected chi connectivity index (χ0v) is 11.4. The number of hydrogen-bond acceptors (Lipinski definition) is 2. The molecule has 0 radical (unpaired) electrons. The van der Waals surface area contributed by atoms with E-state index in [0.29, 0.717) is 12.2 Å². The predicted molar refractivity (Wildman–Crippen MR) is 72.4 cm³/mol. The Morgan fingerprint density at radius 2 is 2.22 bits per heavy atom. The van der Waals surface area contributed by atoms with Crippen LogP contribution in [0.3, 0.4) is 0 Å². The minimum absolute atomic E-state index is 0.352. The number of rotatable bonds is 7. The summed E-state index contributed by atoms with van der Waals surface area (Å²) >= 11 is 0. The third-order valence-corrected chi connectivity index (χ3v) is 3.93. The zero-order valence-electron chi connectivity index (χ0n) is 11.4. The van der Waals surface area contributed by atoms with Gasteiger partial charge in [0.05, 0.1) is 6.42 Å². The number of hydrogen-bond donors (Lipinski definition) is 0. The van der Waals surface area contributed by atoms with E-state index in [4.69, 9.17) is 0 Å². The number of nitrogens with zero attached hydrogens (tertiary/aromatic N) is 2. The van der Waals surface area contributed by atoms with Crippen molar-refractivity contribution in [3.63, 3.8) is 0 Å². The Morgan fingerprint density at radius 3 is 2.94 bits per heavy atom. The summed E-state index contributed by atoms with van der Waals surface area (Å²) in [6.07, 6.45) is 12.6. The van der Waals surface area contributed by atoms with Crippen molar-refractivity contribution >= 4 is 5.78 Å². The smallest absolute Gasteiger partial charge is 0.140 e. The summed E-state index contributed by atoms with van der Waals surface area (Å²) in [5, 5.41) is 0. The molecule has 1 aliphatic carbocycles. The maximum atomic E-state index is 12.0. The van der Waals surface area contributed by atoms with Gasteiger partial charge in [0.25, 0.3) is 0 Å². The first-order valence-electron chi connectivity index (χ1n) is 7.31. The molecule has 3 nitrogen and oxygen atoms in total. The highest BCUT2D eigenvalue weighted by Gasteiger charge is 2.17. The summed E-state index contributed by atoms with van der Waals surface area (Å²) in [6, 6.07) is 0. The van der Waals surface area contributed by atoms with Crippen molar-refractivity contribution in [2.75, 3.05) is 0 Å². The molecular formula is C15H24N2O. The second kappa shape index (κ2) is 6.72. The van der Waals surface area contributed by atoms with Crippen molar-refractivity contribution in [2.45, 2.75) is 64.8 Å². The summed E-state index contributed by atoms with van der Waals surface area (Å²) in [4.78, 5) is 16.3. The lowest BCUT2D eigenvalue weighted by Gasteiger charge is -2.08. The Labute approximate surface area is 110 Å². The highest BCUT2D eigenvalue weighted by atomic mass is 16.1. The summed E-state index contributed by atoms with van der Waals surface area (Å²) < 4.78 is 2.10. The van der Waals surface area contributed by atoms with Crippen molar-refractivity contribution < 1.29 is 4.79 Å². The van der Waals surface area contributed by atoms with Crippen LogP contribution in [0.1, 0.15) is 57.7 Å². The Hall–Kier alpha value is -1.12. The molecule has 2 rings (SSSR count). The average molecular weight is 248 g/mol. The Kier molecular flexibility index (Phi) is 4.97. The minimum Gasteiger partial charge on any atom is -0.335 e. The summed E-state index contributed by atoms with van der Waals surface area (Å²) in [6.45, 7) is 3.11. The van der Waals surface area contributed by atoms with Gasteiger partial charge in [0, 0.05) is 25.4 Å². The van der Waals surface area contributed by atoms with Crippen molar-refractivity contribution in [3.05, 3.63) is 18.2 Å². The second-order valence-electron chi connectivity index (χ2n) is 5.44. The molecule has 1 saturated carbocycles. The maximum Gasteiger partial charge on any atom is 0.140 e. The van der Waals surface area contributed by atoms with Gasteiger partial charge >= 0.3 is 0 Å². The fourth-order valence-electron chi connectivity index (χ4n) is 2.88. The Balaban J connectivity index is 1.77. The van der Waals surface area contributed by atoms with E-state index in [1.165, 1.54) is 25.7 Å². The van der Waals surface area contributed by atoms with E-state index in [9.17, 15) is 4.79 Å². The van der Waals surface area contributed by atoms with Gasteiger partial charge in [0.2, 0.25) is 0 Å². The number of carbonyl (C=O) groups excluding carboxylic acids is 1. The van der Waals surface area contributed by atoms with Crippen LogP contribution in [0.5, 0.6) is 0 Å². The van der Waals surface area contributed by atoms with Gasteiger partial charge in [-0.15, -0.1) is 0 Å². The number of ketones is 1. The SMILES string of the molecule is CCCn1ccnc1CC(=O)CCC1CCCC1. The van der Waals surface area contributed by atoms with Crippen LogP contribution in [0.25, 0.3) is 0 Å². The van der Waals surface area contributed by atoms with E-state index in [1.54, 1.807) is 6.20 Å². The van der Waals surface area contributed by atoms with E-state index in [-0.39, 0.29) is 0 Å². The zero-order chi connectivity index (χ0) is 12.8. The highest BCUT2D eigenvalue weighted by molar-refractivity contribution is 5.80. The molecule has 0 atom stereocenters. The van der Waals surface area contributed by atoms with Crippen LogP contribution in [0.15, 0.2) is 12.4 Å². The van der Waals surface area contributed by atoms with Crippen LogP contribution in [0, 0.1) is 5.92 Å². The predicted octanol–water partition coefficient (Wildman–Crippen LogP) is 3.38. The quantitative estimate of drug-likeness (QED) is 0.741. The van der Waals surface area contributed by atoms with Crippen LogP contribution in [0.2, 0.25) is 0 Å². The first kappa shape index (κ1) is 13.3. The molecule has 0 spiro atoms. The third-order valence-electron chi connectivity index (χ3n) is 3.93. The molecule has 1 aromatic rings. The standard InChI is InChI=1S/C15H24N2O/c1-2-10-17-11-9-16-15(17)12-14(18)8-7-13-5-3-4-6-13/h9,11,13H,2-8,10,12H2,1H3. The molecule has 3 heteroatoms. The molecule has 1 fully saturated rings. The summed E-state index contributed by atoms with van der Waals surface area (Å²) in [5.41, 5.74) is 0. The number of aryl methyl sites for hydroxylation is 1. The third kappa shape index (κ3) is 3.69. The lowest BCUT2D eigenvalue weighted by Crippen LogP contribution is -2.11. The van der Waals surface area contributed by atoms with Gasteiger partial charge in [0.1, 0.15) is 11.6 Å². The molecule has 1 heterocycles. The molecule has 100 valence electrons. The van der Waals surface area contributed by atoms with Gasteiger partial charge in [0.15, 0.2) is 0 Å². The number of aromatic nitrogens is 2. The van der Waals surface area contributed by atoms with E-state index in [1.807, 2.05) is 6.20 Å². The Morgan fingerprint density at radius 1 is 1.44 bits per heavy atom. The van der Waals surface area contributed by atoms with Crippen molar-refractivity contribution in [1.82, 2.24) is 9.55 Å². The normalized spacial score (nSPS) is 16.3. The second-order valence-corrected chi connectivity index (χ2v) is 5.44. The van der Waals surface area contributed by atoms with Crippen LogP contribution in [-0.4, -0.2) is 15.3 Å². The highest BCUT2D eigenvalue weighted by Crippen LogP contribution is 2.28. The molecule has 18 heavy (non-hydrogen) atoms. The molecule has 0 aromatic carbocycles. The molecule has 0 aliphatic heterocycles. The topological polar surface area (TPSA) is 34.9 Å². The van der Waals surface area contributed by atoms with Crippen LogP contribution in [0.4, 0.5) is 0 Å². The van der Waals surface area contributed by atoms with Crippen molar-refractivity contribution in [1.29, 1.82) is 0 Å². The summed E-state index contributed by atoms with van der Waals surface area (Å²) in [5.74, 6) is 2.10. The van der Waals surface area contributed by atoms with E-state index < -0.39 is 0 Å². The van der Waals surface area contributed by atoms with Gasteiger partial charge in [-0.05, 0) is 18.8 Å². The van der Waals surface area contributed by atoms with Crippen molar-refractivity contribution in [2.24, 2.45) is 5.92 Å². The molecule has 0 N–H and O–H groups in total. The van der Waals surface area contributed by atoms with Gasteiger partial charge in [-0.25, -0.2) is 4.98 Å². The number of Topliss-reactive ketones (excluding diaryl/α,β-unsaturated/α-hetero) is 1. The number of imidazole rings is 1. The Bertz CT molecular complexity index is 378. The van der Waals surface area contributed by atoms with Gasteiger partial charge in [-0.1, -0.05) is 32.6 Å². The molecular weight excluding hydrogens is 224 g/mol. The lowest BCUT2D eigenvalue weighted by atomic mass is 9.99. The average Bonchev–Trinajstić information content (AvgIpc) is 2.99. The largest absolute Gasteiger partial charge is 0.335 e. The van der Waals surface area contributed by atoms with E-state index >= 15 is 0 Å². The fourth-order valence-corrected chi connectivity index (χ4v) is 2.88. The summed E-state index contributed by atoms with van der Waals surface area (Å²) in [7, 11) is 0. The molecule has 1 aliphatic rings. The van der Waals surface area contributed by atoms with Gasteiger partial charge in [-0.2, -0.15) is 0 Å². The van der Waals surface area contributed by atoms with Crippen LogP contribution >= 0.6 is 0 Å². The molecule has 0 amide bonds. The maximum absolute atomic E-state index is 12.0. The molecule has 0 unspecified atom stereocenters. The monoisotopic (exact) mass is 248 g/mol. The minimum atomic E-state index is 0.352. The van der Waals surface area contributed by atoms with E-state index in [2.05, 4.69) is 16.5 Å². The molecule has 0 bridgehead atoms. The lowest BCUT2D eigenvalue weighted by molar-refractivity contribution is -0.118. The first-order valence-corrected chi connectivity index (χ1v) is 7.31. The fraction of sp³-hybridized carbons (Fsp3) is 0.733. The molecule has 0 saturated heterocycles. The first-order chi connectivity index (χ1) is 8.79.